The second-order valence-corrected chi connectivity index (χ2v) is 13.2. The fourth-order valence-corrected chi connectivity index (χ4v) is 6.11. The molecule has 0 aliphatic carbocycles. The summed E-state index contributed by atoms with van der Waals surface area (Å²) in [6.07, 6.45) is 2.69. The highest BCUT2D eigenvalue weighted by Crippen LogP contribution is 2.34. The Morgan fingerprint density at radius 2 is 2.07 bits per heavy atom. The van der Waals surface area contributed by atoms with Crippen LogP contribution in [0.5, 0.6) is 5.75 Å². The van der Waals surface area contributed by atoms with Gasteiger partial charge in [-0.25, -0.2) is 9.55 Å². The number of aromatic nitrogens is 2. The Morgan fingerprint density at radius 1 is 1.30 bits per heavy atom. The summed E-state index contributed by atoms with van der Waals surface area (Å²) in [5, 5.41) is 12.0. The number of rotatable bonds is 12. The van der Waals surface area contributed by atoms with Gasteiger partial charge in [-0.05, 0) is 43.5 Å². The van der Waals surface area contributed by atoms with Crippen molar-refractivity contribution in [1.29, 1.82) is 0 Å². The Kier molecular flexibility index (Phi) is 9.45. The zero-order valence-electron chi connectivity index (χ0n) is 25.3. The first kappa shape index (κ1) is 33.0. The van der Waals surface area contributed by atoms with Gasteiger partial charge in [0.25, 0.3) is 17.6 Å². The van der Waals surface area contributed by atoms with E-state index in [0.29, 0.717) is 31.2 Å². The Bertz CT molecular complexity index is 1780. The molecule has 1 aromatic carbocycles. The normalized spacial score (nSPS) is 19.1. The van der Waals surface area contributed by atoms with E-state index in [4.69, 9.17) is 25.6 Å². The number of amides is 2. The molecule has 1 saturated heterocycles. The fourth-order valence-electron chi connectivity index (χ4n) is 5.11. The van der Waals surface area contributed by atoms with Crippen LogP contribution in [0, 0.1) is 5.92 Å². The van der Waals surface area contributed by atoms with E-state index in [1.807, 2.05) is 48.1 Å². The van der Waals surface area contributed by atoms with Gasteiger partial charge in [-0.2, -0.15) is 13.5 Å². The van der Waals surface area contributed by atoms with Crippen molar-refractivity contribution in [2.24, 2.45) is 23.9 Å². The average molecular weight is 676 g/mol. The number of anilines is 2. The number of nitrogens with two attached hydrogens (primary N) is 2. The predicted octanol–water partition coefficient (Wildman–Crippen LogP) is 0.399. The molecule has 18 heteroatoms. The number of pyridine rings is 1. The monoisotopic (exact) mass is 675 g/mol. The minimum atomic E-state index is -4.95. The molecule has 16 nitrogen and oxygen atoms in total. The number of ether oxygens (including phenoxy) is 1. The van der Waals surface area contributed by atoms with Crippen LogP contribution in [0.2, 0.25) is 0 Å². The Labute approximate surface area is 269 Å². The molecule has 246 valence electrons. The Balaban J connectivity index is 1.23. The number of β-lactam (4-membered cyclic amide) rings is 1. The van der Waals surface area contributed by atoms with Crippen LogP contribution in [-0.4, -0.2) is 78.4 Å². The summed E-state index contributed by atoms with van der Waals surface area (Å²) < 4.78 is 43.6. The van der Waals surface area contributed by atoms with Crippen LogP contribution in [0.25, 0.3) is 11.1 Å². The first-order valence-electron chi connectivity index (χ1n) is 14.2. The number of oxime groups is 1. The number of hydrogen-bond donors (Lipinski definition) is 5. The third-order valence-corrected chi connectivity index (χ3v) is 8.55. The Hall–Kier alpha value is -4.36. The highest BCUT2D eigenvalue weighted by molar-refractivity contribution is 7.80. The molecule has 0 spiro atoms. The molecule has 0 bridgehead atoms. The van der Waals surface area contributed by atoms with Gasteiger partial charge in [0, 0.05) is 29.5 Å². The highest BCUT2D eigenvalue weighted by atomic mass is 32.3. The van der Waals surface area contributed by atoms with E-state index in [9.17, 15) is 18.0 Å². The number of carbonyl (C=O) groups excluding carboxylic acids is 2. The van der Waals surface area contributed by atoms with Gasteiger partial charge in [0.2, 0.25) is 0 Å². The van der Waals surface area contributed by atoms with E-state index >= 15 is 0 Å². The number of thiazole rings is 1. The molecule has 3 aromatic rings. The van der Waals surface area contributed by atoms with Gasteiger partial charge >= 0.3 is 10.4 Å². The lowest BCUT2D eigenvalue weighted by molar-refractivity contribution is -0.656. The maximum Gasteiger partial charge on any atom is 0.418 e. The van der Waals surface area contributed by atoms with Crippen molar-refractivity contribution in [3.05, 3.63) is 53.2 Å². The van der Waals surface area contributed by atoms with Crippen molar-refractivity contribution in [3.8, 4) is 16.9 Å². The van der Waals surface area contributed by atoms with E-state index in [1.54, 1.807) is 0 Å². The zero-order chi connectivity index (χ0) is 33.2. The molecule has 2 amide bonds. The second-order valence-electron chi connectivity index (χ2n) is 11.3. The van der Waals surface area contributed by atoms with Gasteiger partial charge < -0.3 is 26.4 Å². The highest BCUT2D eigenvalue weighted by Gasteiger charge is 2.58. The van der Waals surface area contributed by atoms with E-state index < -0.39 is 33.8 Å². The molecule has 1 fully saturated rings. The number of nitrogen functional groups attached to an aromatic ring is 1. The maximum absolute atomic E-state index is 13.3. The third-order valence-electron chi connectivity index (χ3n) is 7.53. The lowest BCUT2D eigenvalue weighted by Gasteiger charge is -2.50. The lowest BCUT2D eigenvalue weighted by Crippen LogP contribution is -2.76. The average Bonchev–Trinajstić information content (AvgIpc) is 3.44. The van der Waals surface area contributed by atoms with Gasteiger partial charge in [-0.3, -0.25) is 19.5 Å². The van der Waals surface area contributed by atoms with Crippen LogP contribution in [0.15, 0.2) is 47.1 Å². The van der Waals surface area contributed by atoms with Crippen molar-refractivity contribution < 1.29 is 41.0 Å². The molecule has 2 aromatic heterocycles. The minimum Gasteiger partial charge on any atom is -0.493 e. The van der Waals surface area contributed by atoms with Crippen molar-refractivity contribution in [3.63, 3.8) is 0 Å². The number of carbonyl (C=O) groups is 2. The van der Waals surface area contributed by atoms with Crippen LogP contribution in [0.1, 0.15) is 25.1 Å². The van der Waals surface area contributed by atoms with Crippen LogP contribution in [0.4, 0.5) is 10.9 Å². The van der Waals surface area contributed by atoms with Gasteiger partial charge in [0.05, 0.1) is 31.9 Å². The molecule has 0 unspecified atom stereocenters. The van der Waals surface area contributed by atoms with Crippen LogP contribution < -0.4 is 31.4 Å². The first-order valence-corrected chi connectivity index (χ1v) is 16.4. The summed E-state index contributed by atoms with van der Waals surface area (Å²) in [5.41, 5.74) is 13.0. The van der Waals surface area contributed by atoms with Gasteiger partial charge in [-0.1, -0.05) is 17.3 Å². The number of benzene rings is 1. The van der Waals surface area contributed by atoms with E-state index in [2.05, 4.69) is 25.1 Å². The maximum atomic E-state index is 13.3. The van der Waals surface area contributed by atoms with Gasteiger partial charge in [0.15, 0.2) is 10.8 Å². The smallest absolute Gasteiger partial charge is 0.418 e. The third kappa shape index (κ3) is 7.20. The largest absolute Gasteiger partial charge is 0.493 e. The Morgan fingerprint density at radius 3 is 2.72 bits per heavy atom. The summed E-state index contributed by atoms with van der Waals surface area (Å²) in [6.45, 7) is 4.59. The van der Waals surface area contributed by atoms with Crippen molar-refractivity contribution >= 4 is 50.2 Å². The number of nitrogens with zero attached hydrogens (tertiary/aromatic N) is 4. The summed E-state index contributed by atoms with van der Waals surface area (Å²) in [4.78, 5) is 35.5. The molecular formula is C28H35N8O8S2+. The zero-order valence-corrected chi connectivity index (χ0v) is 26.9. The molecule has 2 aliphatic heterocycles. The minimum absolute atomic E-state index is 0.0732. The fraction of sp³-hybridized carbons (Fsp3) is 0.393. The molecular weight excluding hydrogens is 640 g/mol. The summed E-state index contributed by atoms with van der Waals surface area (Å²) in [6, 6.07) is 8.91. The standard InChI is InChI=1S/C28H34N8O8S2/c1-28(2)24(26(38)36(28)44-46(39,40)41)33-25(37)23(20-15-45-27(30)32-20)34-43-14-16-10-18-5-4-17(11-21(18)42-13-16)19-6-7-22(31-9-8-29)35(3)12-19/h4-7,11-12,15-16,24H,8-10,13-14,29H2,1-3H3,(H4,30,32,33,37,39,40,41)/p+1/b34-23-/t16-,24-/m1/s1. The van der Waals surface area contributed by atoms with Crippen molar-refractivity contribution in [1.82, 2.24) is 15.4 Å². The molecule has 4 heterocycles. The van der Waals surface area contributed by atoms with Crippen molar-refractivity contribution in [2.75, 3.05) is 37.4 Å². The first-order chi connectivity index (χ1) is 21.8. The number of nitrogens with one attached hydrogen (secondary N) is 2. The van der Waals surface area contributed by atoms with E-state index in [1.165, 1.54) is 19.2 Å². The van der Waals surface area contributed by atoms with Gasteiger partial charge in [0.1, 0.15) is 24.1 Å². The van der Waals surface area contributed by atoms with E-state index in [0.717, 1.165) is 39.6 Å². The van der Waals surface area contributed by atoms with Crippen LogP contribution in [0.3, 0.4) is 0 Å². The summed E-state index contributed by atoms with van der Waals surface area (Å²) in [7, 11) is -2.98. The van der Waals surface area contributed by atoms with Crippen molar-refractivity contribution in [2.45, 2.75) is 31.8 Å². The van der Waals surface area contributed by atoms with E-state index in [-0.39, 0.29) is 29.1 Å². The second kappa shape index (κ2) is 13.2. The molecule has 2 aliphatic rings. The molecule has 5 rings (SSSR count). The molecule has 0 saturated carbocycles. The summed E-state index contributed by atoms with van der Waals surface area (Å²) in [5.74, 6) is -0.0257. The molecule has 7 N–H and O–H groups in total. The van der Waals surface area contributed by atoms with Gasteiger partial charge in [-0.15, -0.1) is 15.6 Å². The predicted molar refractivity (Wildman–Crippen MR) is 168 cm³/mol. The molecule has 0 radical (unpaired) electrons. The number of aryl methyl sites for hydroxylation is 1. The summed E-state index contributed by atoms with van der Waals surface area (Å²) >= 11 is 1.09. The molecule has 46 heavy (non-hydrogen) atoms. The van der Waals surface area contributed by atoms with Crippen LogP contribution in [-0.2, 0) is 42.6 Å². The quantitative estimate of drug-likeness (QED) is 0.0578. The number of hydroxylamine groups is 2. The van der Waals surface area contributed by atoms with Crippen LogP contribution >= 0.6 is 11.3 Å². The topological polar surface area (TPSA) is 225 Å². The molecule has 2 atom stereocenters. The lowest BCUT2D eigenvalue weighted by atomic mass is 9.84. The SMILES string of the molecule is C[n+]1cc(-c2ccc3c(c2)OC[C@H](CO/N=C(\C(=O)N[C@@H]2C(=O)N(OS(=O)(=O)O)C2(C)C)c2csc(N)n2)C3)ccc1NCCN. The number of fused-ring (bicyclic) bond motifs is 1. The number of hydrogen-bond acceptors (Lipinski definition) is 13.